The lowest BCUT2D eigenvalue weighted by Crippen LogP contribution is -2.43. The Morgan fingerprint density at radius 1 is 1.26 bits per heavy atom. The summed E-state index contributed by atoms with van der Waals surface area (Å²) in [5.41, 5.74) is 3.94. The molecule has 2 rings (SSSR count). The van der Waals surface area contributed by atoms with Gasteiger partial charge in [0.25, 0.3) is 0 Å². The number of hydrogen-bond acceptors (Lipinski definition) is 3. The summed E-state index contributed by atoms with van der Waals surface area (Å²) in [5, 5.41) is 11.7. The van der Waals surface area contributed by atoms with E-state index in [0.29, 0.717) is 12.0 Å². The topological polar surface area (TPSA) is 63.5 Å². The normalized spacial score (nSPS) is 16.9. The minimum Gasteiger partial charge on any atom is -0.383 e. The van der Waals surface area contributed by atoms with Gasteiger partial charge < -0.3 is 15.4 Å². The van der Waals surface area contributed by atoms with Gasteiger partial charge in [-0.1, -0.05) is 26.7 Å². The second-order valence-electron chi connectivity index (χ2n) is 8.45. The van der Waals surface area contributed by atoms with Crippen LogP contribution in [0.5, 0.6) is 0 Å². The molecule has 1 aromatic rings. The molecule has 0 aromatic carbocycles. The highest BCUT2D eigenvalue weighted by Crippen LogP contribution is 2.42. The highest BCUT2D eigenvalue weighted by atomic mass is 16.5. The predicted octanol–water partition coefficient (Wildman–Crippen LogP) is 3.42. The fourth-order valence-electron chi connectivity index (χ4n) is 4.49. The Kier molecular flexibility index (Phi) is 8.14. The Morgan fingerprint density at radius 3 is 2.56 bits per heavy atom. The molecular formula is C21H39N5O. The zero-order valence-electron chi connectivity index (χ0n) is 18.2. The van der Waals surface area contributed by atoms with Crippen molar-refractivity contribution in [2.24, 2.45) is 16.3 Å². The Morgan fingerprint density at radius 2 is 1.96 bits per heavy atom. The number of rotatable bonds is 9. The zero-order chi connectivity index (χ0) is 19.9. The summed E-state index contributed by atoms with van der Waals surface area (Å²) >= 11 is 0. The lowest BCUT2D eigenvalue weighted by atomic mass is 9.78. The van der Waals surface area contributed by atoms with Gasteiger partial charge in [0.05, 0.1) is 18.8 Å². The van der Waals surface area contributed by atoms with Crippen LogP contribution in [-0.4, -0.2) is 43.0 Å². The molecule has 0 saturated heterocycles. The average Bonchev–Trinajstić information content (AvgIpc) is 3.18. The monoisotopic (exact) mass is 377 g/mol. The molecular weight excluding hydrogens is 338 g/mol. The van der Waals surface area contributed by atoms with Crippen molar-refractivity contribution in [3.63, 3.8) is 0 Å². The summed E-state index contributed by atoms with van der Waals surface area (Å²) in [4.78, 5) is 4.44. The van der Waals surface area contributed by atoms with Crippen molar-refractivity contribution in [3.05, 3.63) is 17.0 Å². The first-order valence-corrected chi connectivity index (χ1v) is 10.4. The van der Waals surface area contributed by atoms with Crippen LogP contribution in [-0.2, 0) is 17.8 Å². The van der Waals surface area contributed by atoms with Gasteiger partial charge in [-0.3, -0.25) is 9.67 Å². The van der Waals surface area contributed by atoms with E-state index in [1.165, 1.54) is 43.4 Å². The van der Waals surface area contributed by atoms with Crippen LogP contribution in [0.15, 0.2) is 4.99 Å². The number of aliphatic imine (C=N–C) groups is 1. The zero-order valence-corrected chi connectivity index (χ0v) is 18.2. The van der Waals surface area contributed by atoms with Gasteiger partial charge in [0.2, 0.25) is 0 Å². The molecule has 6 heteroatoms. The Hall–Kier alpha value is -1.56. The molecule has 0 radical (unpaired) electrons. The van der Waals surface area contributed by atoms with Gasteiger partial charge in [0.1, 0.15) is 0 Å². The van der Waals surface area contributed by atoms with Gasteiger partial charge in [-0.05, 0) is 44.4 Å². The van der Waals surface area contributed by atoms with Gasteiger partial charge in [0.15, 0.2) is 5.96 Å². The van der Waals surface area contributed by atoms with Crippen LogP contribution in [0.3, 0.4) is 0 Å². The molecule has 1 saturated carbocycles. The van der Waals surface area contributed by atoms with E-state index in [1.807, 2.05) is 11.7 Å². The number of methoxy groups -OCH3 is 1. The van der Waals surface area contributed by atoms with Gasteiger partial charge in [-0.2, -0.15) is 5.10 Å². The lowest BCUT2D eigenvalue weighted by Gasteiger charge is -2.32. The van der Waals surface area contributed by atoms with Gasteiger partial charge >= 0.3 is 0 Å². The van der Waals surface area contributed by atoms with Crippen LogP contribution in [0, 0.1) is 25.2 Å². The average molecular weight is 378 g/mol. The highest BCUT2D eigenvalue weighted by molar-refractivity contribution is 5.79. The van der Waals surface area contributed by atoms with Gasteiger partial charge in [-0.25, -0.2) is 0 Å². The molecule has 1 aliphatic carbocycles. The Labute approximate surface area is 165 Å². The standard InChI is InChI=1S/C21H39N5O/c1-16(2)13-21(9-7-8-10-21)15-24-20(22-5)23-14-19-17(3)25-26(18(19)4)11-12-27-6/h16H,7-15H2,1-6H3,(H2,22,23,24). The first-order valence-electron chi connectivity index (χ1n) is 10.4. The third-order valence-corrected chi connectivity index (χ3v) is 5.83. The summed E-state index contributed by atoms with van der Waals surface area (Å²) in [7, 11) is 3.57. The SMILES string of the molecule is CN=C(NCc1c(C)nn(CCOC)c1C)NCC1(CC(C)C)CCCC1. The van der Waals surface area contributed by atoms with Crippen LogP contribution in [0.2, 0.25) is 0 Å². The number of ether oxygens (including phenoxy) is 1. The highest BCUT2D eigenvalue weighted by Gasteiger charge is 2.34. The van der Waals surface area contributed by atoms with Crippen molar-refractivity contribution in [1.82, 2.24) is 20.4 Å². The largest absolute Gasteiger partial charge is 0.383 e. The van der Waals surface area contributed by atoms with Crippen LogP contribution in [0.1, 0.15) is 62.9 Å². The second kappa shape index (κ2) is 10.1. The van der Waals surface area contributed by atoms with E-state index in [1.54, 1.807) is 7.11 Å². The minimum absolute atomic E-state index is 0.433. The van der Waals surface area contributed by atoms with E-state index in [0.717, 1.165) is 37.2 Å². The van der Waals surface area contributed by atoms with E-state index in [9.17, 15) is 0 Å². The van der Waals surface area contributed by atoms with E-state index < -0.39 is 0 Å². The third-order valence-electron chi connectivity index (χ3n) is 5.83. The molecule has 154 valence electrons. The van der Waals surface area contributed by atoms with E-state index in [2.05, 4.69) is 48.4 Å². The van der Waals surface area contributed by atoms with Gasteiger partial charge in [-0.15, -0.1) is 0 Å². The van der Waals surface area contributed by atoms with Crippen molar-refractivity contribution in [3.8, 4) is 0 Å². The van der Waals surface area contributed by atoms with Crippen LogP contribution in [0.25, 0.3) is 0 Å². The maximum absolute atomic E-state index is 5.18. The number of hydrogen-bond donors (Lipinski definition) is 2. The summed E-state index contributed by atoms with van der Waals surface area (Å²) in [5.74, 6) is 1.62. The number of nitrogens with one attached hydrogen (secondary N) is 2. The van der Waals surface area contributed by atoms with Crippen LogP contribution in [0.4, 0.5) is 0 Å². The molecule has 0 atom stereocenters. The summed E-state index contributed by atoms with van der Waals surface area (Å²) < 4.78 is 7.21. The molecule has 0 aliphatic heterocycles. The Bertz CT molecular complexity index is 614. The molecule has 0 unspecified atom stereocenters. The van der Waals surface area contributed by atoms with Crippen LogP contribution < -0.4 is 10.6 Å². The van der Waals surface area contributed by atoms with Gasteiger partial charge in [0, 0.05) is 38.5 Å². The first-order chi connectivity index (χ1) is 12.9. The molecule has 0 amide bonds. The van der Waals surface area contributed by atoms with Crippen molar-refractivity contribution < 1.29 is 4.74 Å². The first kappa shape index (κ1) is 21.7. The number of guanidine groups is 1. The minimum atomic E-state index is 0.433. The van der Waals surface area contributed by atoms with Crippen molar-refractivity contribution in [2.45, 2.75) is 72.9 Å². The molecule has 1 aliphatic rings. The molecule has 2 N–H and O–H groups in total. The lowest BCUT2D eigenvalue weighted by molar-refractivity contribution is 0.182. The molecule has 0 bridgehead atoms. The molecule has 6 nitrogen and oxygen atoms in total. The van der Waals surface area contributed by atoms with Crippen molar-refractivity contribution in [1.29, 1.82) is 0 Å². The van der Waals surface area contributed by atoms with E-state index in [4.69, 9.17) is 4.74 Å². The number of aryl methyl sites for hydroxylation is 1. The molecule has 1 heterocycles. The molecule has 1 fully saturated rings. The second-order valence-corrected chi connectivity index (χ2v) is 8.45. The summed E-state index contributed by atoms with van der Waals surface area (Å²) in [6.07, 6.45) is 6.68. The maximum atomic E-state index is 5.18. The quantitative estimate of drug-likeness (QED) is 0.511. The van der Waals surface area contributed by atoms with Crippen molar-refractivity contribution in [2.75, 3.05) is 27.3 Å². The number of nitrogens with zero attached hydrogens (tertiary/aromatic N) is 3. The molecule has 0 spiro atoms. The smallest absolute Gasteiger partial charge is 0.191 e. The Balaban J connectivity index is 1.93. The fourth-order valence-corrected chi connectivity index (χ4v) is 4.49. The third kappa shape index (κ3) is 5.96. The fraction of sp³-hybridized carbons (Fsp3) is 0.810. The van der Waals surface area contributed by atoms with Crippen LogP contribution >= 0.6 is 0 Å². The molecule has 1 aromatic heterocycles. The maximum Gasteiger partial charge on any atom is 0.191 e. The summed E-state index contributed by atoms with van der Waals surface area (Å²) in [6.45, 7) is 12.1. The van der Waals surface area contributed by atoms with Crippen molar-refractivity contribution >= 4 is 5.96 Å². The van der Waals surface area contributed by atoms with E-state index in [-0.39, 0.29) is 0 Å². The number of aromatic nitrogens is 2. The summed E-state index contributed by atoms with van der Waals surface area (Å²) in [6, 6.07) is 0. The predicted molar refractivity (Wildman–Crippen MR) is 112 cm³/mol. The molecule has 27 heavy (non-hydrogen) atoms. The van der Waals surface area contributed by atoms with E-state index >= 15 is 0 Å².